The van der Waals surface area contributed by atoms with E-state index in [1.54, 1.807) is 12.4 Å². The quantitative estimate of drug-likeness (QED) is 0.895. The average Bonchev–Trinajstić information content (AvgIpc) is 2.87. The van der Waals surface area contributed by atoms with Gasteiger partial charge in [0.1, 0.15) is 5.75 Å². The van der Waals surface area contributed by atoms with Crippen LogP contribution in [0, 0.1) is 0 Å². The summed E-state index contributed by atoms with van der Waals surface area (Å²) < 4.78 is 5.64. The van der Waals surface area contributed by atoms with Crippen molar-refractivity contribution in [2.75, 3.05) is 0 Å². The molecule has 0 fully saturated rings. The first-order chi connectivity index (χ1) is 8.85. The number of hydrogen-bond donors (Lipinski definition) is 1. The third-order valence-electron chi connectivity index (χ3n) is 3.20. The van der Waals surface area contributed by atoms with Crippen LogP contribution in [-0.2, 0) is 19.4 Å². The molecule has 2 aromatic rings. The SMILES string of the molecule is NCc1cnc(Oc2ccc3c(c2)CCC3)nc1. The van der Waals surface area contributed by atoms with E-state index in [4.69, 9.17) is 10.5 Å². The number of nitrogens with two attached hydrogens (primary N) is 1. The van der Waals surface area contributed by atoms with Crippen molar-refractivity contribution in [1.29, 1.82) is 0 Å². The number of ether oxygens (including phenoxy) is 1. The van der Waals surface area contributed by atoms with Gasteiger partial charge in [-0.1, -0.05) is 6.07 Å². The van der Waals surface area contributed by atoms with E-state index in [1.165, 1.54) is 24.0 Å². The molecule has 18 heavy (non-hydrogen) atoms. The van der Waals surface area contributed by atoms with Gasteiger partial charge in [0.2, 0.25) is 0 Å². The molecule has 1 aliphatic carbocycles. The van der Waals surface area contributed by atoms with E-state index in [-0.39, 0.29) is 0 Å². The van der Waals surface area contributed by atoms with Gasteiger partial charge >= 0.3 is 6.01 Å². The van der Waals surface area contributed by atoms with Crippen LogP contribution >= 0.6 is 0 Å². The van der Waals surface area contributed by atoms with E-state index in [9.17, 15) is 0 Å². The number of benzene rings is 1. The first kappa shape index (κ1) is 11.2. The van der Waals surface area contributed by atoms with Gasteiger partial charge in [0, 0.05) is 24.5 Å². The molecule has 2 N–H and O–H groups in total. The standard InChI is InChI=1S/C14H15N3O/c15-7-10-8-16-14(17-9-10)18-13-5-4-11-2-1-3-12(11)6-13/h4-6,8-9H,1-3,7,15H2. The molecular formula is C14H15N3O. The Balaban J connectivity index is 1.79. The molecule has 3 rings (SSSR count). The van der Waals surface area contributed by atoms with Crippen molar-refractivity contribution in [1.82, 2.24) is 9.97 Å². The third-order valence-corrected chi connectivity index (χ3v) is 3.20. The minimum absolute atomic E-state index is 0.366. The first-order valence-electron chi connectivity index (χ1n) is 6.16. The van der Waals surface area contributed by atoms with Crippen molar-refractivity contribution < 1.29 is 4.74 Å². The molecule has 0 bridgehead atoms. The summed E-state index contributed by atoms with van der Waals surface area (Å²) in [6.45, 7) is 0.444. The molecule has 0 radical (unpaired) electrons. The molecule has 4 nitrogen and oxygen atoms in total. The van der Waals surface area contributed by atoms with Crippen molar-refractivity contribution in [2.24, 2.45) is 5.73 Å². The molecule has 1 aromatic heterocycles. The lowest BCUT2D eigenvalue weighted by molar-refractivity contribution is 0.440. The second-order valence-electron chi connectivity index (χ2n) is 4.46. The molecule has 1 heterocycles. The van der Waals surface area contributed by atoms with E-state index in [0.717, 1.165) is 17.7 Å². The highest BCUT2D eigenvalue weighted by Crippen LogP contribution is 2.27. The zero-order valence-electron chi connectivity index (χ0n) is 10.1. The topological polar surface area (TPSA) is 61.0 Å². The average molecular weight is 241 g/mol. The summed E-state index contributed by atoms with van der Waals surface area (Å²) in [4.78, 5) is 8.25. The third kappa shape index (κ3) is 2.19. The minimum Gasteiger partial charge on any atom is -0.424 e. The van der Waals surface area contributed by atoms with Gasteiger partial charge in [0.05, 0.1) is 0 Å². The molecule has 0 aliphatic heterocycles. The van der Waals surface area contributed by atoms with Gasteiger partial charge in [-0.15, -0.1) is 0 Å². The molecule has 4 heteroatoms. The zero-order valence-corrected chi connectivity index (χ0v) is 10.1. The van der Waals surface area contributed by atoms with Gasteiger partial charge < -0.3 is 10.5 Å². The highest BCUT2D eigenvalue weighted by atomic mass is 16.5. The summed E-state index contributed by atoms with van der Waals surface area (Å²) in [6.07, 6.45) is 6.93. The normalized spacial score (nSPS) is 13.4. The molecule has 0 unspecified atom stereocenters. The fraction of sp³-hybridized carbons (Fsp3) is 0.286. The molecule has 0 saturated heterocycles. The van der Waals surface area contributed by atoms with Crippen molar-refractivity contribution in [3.63, 3.8) is 0 Å². The van der Waals surface area contributed by atoms with Crippen LogP contribution < -0.4 is 10.5 Å². The van der Waals surface area contributed by atoms with E-state index in [0.29, 0.717) is 12.6 Å². The van der Waals surface area contributed by atoms with Crippen LogP contribution in [-0.4, -0.2) is 9.97 Å². The number of aromatic nitrogens is 2. The second-order valence-corrected chi connectivity index (χ2v) is 4.46. The van der Waals surface area contributed by atoms with Crippen molar-refractivity contribution in [2.45, 2.75) is 25.8 Å². The Morgan fingerprint density at radius 3 is 2.67 bits per heavy atom. The highest BCUT2D eigenvalue weighted by Gasteiger charge is 2.11. The number of fused-ring (bicyclic) bond motifs is 1. The Morgan fingerprint density at radius 2 is 1.89 bits per heavy atom. The van der Waals surface area contributed by atoms with Crippen LogP contribution in [0.1, 0.15) is 23.1 Å². The lowest BCUT2D eigenvalue weighted by Gasteiger charge is -2.06. The van der Waals surface area contributed by atoms with E-state index >= 15 is 0 Å². The number of aryl methyl sites for hydroxylation is 2. The monoisotopic (exact) mass is 241 g/mol. The maximum Gasteiger partial charge on any atom is 0.321 e. The fourth-order valence-corrected chi connectivity index (χ4v) is 2.22. The first-order valence-corrected chi connectivity index (χ1v) is 6.16. The highest BCUT2D eigenvalue weighted by molar-refractivity contribution is 5.39. The Kier molecular flexibility index (Phi) is 2.94. The van der Waals surface area contributed by atoms with E-state index in [2.05, 4.69) is 22.1 Å². The van der Waals surface area contributed by atoms with Gasteiger partial charge in [0.15, 0.2) is 0 Å². The van der Waals surface area contributed by atoms with Gasteiger partial charge in [-0.05, 0) is 42.5 Å². The second kappa shape index (κ2) is 4.74. The van der Waals surface area contributed by atoms with Crippen LogP contribution in [0.5, 0.6) is 11.8 Å². The molecule has 0 amide bonds. The van der Waals surface area contributed by atoms with Gasteiger partial charge in [-0.2, -0.15) is 0 Å². The Hall–Kier alpha value is -1.94. The lowest BCUT2D eigenvalue weighted by atomic mass is 10.1. The fourth-order valence-electron chi connectivity index (χ4n) is 2.22. The Morgan fingerprint density at radius 1 is 1.11 bits per heavy atom. The molecule has 1 aromatic carbocycles. The van der Waals surface area contributed by atoms with Gasteiger partial charge in [-0.25, -0.2) is 9.97 Å². The predicted octanol–water partition coefficient (Wildman–Crippen LogP) is 2.22. The smallest absolute Gasteiger partial charge is 0.321 e. The van der Waals surface area contributed by atoms with Crippen molar-refractivity contribution >= 4 is 0 Å². The maximum absolute atomic E-state index is 5.64. The maximum atomic E-state index is 5.64. The van der Waals surface area contributed by atoms with E-state index in [1.807, 2.05) is 6.07 Å². The van der Waals surface area contributed by atoms with Gasteiger partial charge in [-0.3, -0.25) is 0 Å². The number of hydrogen-bond acceptors (Lipinski definition) is 4. The molecule has 0 atom stereocenters. The van der Waals surface area contributed by atoms with Crippen LogP contribution in [0.4, 0.5) is 0 Å². The molecule has 1 aliphatic rings. The van der Waals surface area contributed by atoms with Crippen LogP contribution in [0.3, 0.4) is 0 Å². The summed E-state index contributed by atoms with van der Waals surface area (Å²) >= 11 is 0. The Labute approximate surface area is 106 Å². The summed E-state index contributed by atoms with van der Waals surface area (Å²) in [5.41, 5.74) is 9.21. The van der Waals surface area contributed by atoms with Crippen LogP contribution in [0.2, 0.25) is 0 Å². The Bertz CT molecular complexity index is 551. The molecule has 92 valence electrons. The van der Waals surface area contributed by atoms with Crippen molar-refractivity contribution in [3.8, 4) is 11.8 Å². The largest absolute Gasteiger partial charge is 0.424 e. The zero-order chi connectivity index (χ0) is 12.4. The molecular weight excluding hydrogens is 226 g/mol. The van der Waals surface area contributed by atoms with E-state index < -0.39 is 0 Å². The number of nitrogens with zero attached hydrogens (tertiary/aromatic N) is 2. The van der Waals surface area contributed by atoms with Crippen molar-refractivity contribution in [3.05, 3.63) is 47.3 Å². The predicted molar refractivity (Wildman–Crippen MR) is 68.5 cm³/mol. The summed E-state index contributed by atoms with van der Waals surface area (Å²) in [5.74, 6) is 0.802. The summed E-state index contributed by atoms with van der Waals surface area (Å²) in [7, 11) is 0. The van der Waals surface area contributed by atoms with Gasteiger partial charge in [0.25, 0.3) is 0 Å². The number of rotatable bonds is 3. The lowest BCUT2D eigenvalue weighted by Crippen LogP contribution is -1.99. The molecule has 0 saturated carbocycles. The minimum atomic E-state index is 0.366. The van der Waals surface area contributed by atoms with Crippen LogP contribution in [0.25, 0.3) is 0 Å². The molecule has 0 spiro atoms. The van der Waals surface area contributed by atoms with Crippen LogP contribution in [0.15, 0.2) is 30.6 Å². The summed E-state index contributed by atoms with van der Waals surface area (Å²) in [5, 5.41) is 0. The summed E-state index contributed by atoms with van der Waals surface area (Å²) in [6, 6.07) is 6.56.